The van der Waals surface area contributed by atoms with Gasteiger partial charge in [-0.05, 0) is 36.1 Å². The molecule has 0 aliphatic carbocycles. The lowest BCUT2D eigenvalue weighted by molar-refractivity contribution is 0.0907. The third-order valence-electron chi connectivity index (χ3n) is 8.15. The van der Waals surface area contributed by atoms with Crippen molar-refractivity contribution in [2.45, 2.75) is 24.9 Å². The molecule has 6 rings (SSSR count). The van der Waals surface area contributed by atoms with Crippen molar-refractivity contribution >= 4 is 11.8 Å². The molecule has 12 heteroatoms. The van der Waals surface area contributed by atoms with Crippen LogP contribution in [0, 0.1) is 0 Å². The van der Waals surface area contributed by atoms with Gasteiger partial charge >= 0.3 is 0 Å². The summed E-state index contributed by atoms with van der Waals surface area (Å²) >= 11 is 0. The molecule has 2 atom stereocenters. The molecule has 2 aliphatic rings. The second kappa shape index (κ2) is 14.5. The normalized spacial score (nSPS) is 13.8. The first kappa shape index (κ1) is 32.5. The zero-order valence-electron chi connectivity index (χ0n) is 26.5. The Hall–Kier alpha value is -5.46. The molecule has 48 heavy (non-hydrogen) atoms. The third-order valence-corrected chi connectivity index (χ3v) is 8.15. The van der Waals surface area contributed by atoms with E-state index < -0.39 is 23.9 Å². The van der Waals surface area contributed by atoms with Crippen LogP contribution in [0.25, 0.3) is 11.1 Å². The van der Waals surface area contributed by atoms with Gasteiger partial charge in [-0.3, -0.25) is 9.59 Å². The van der Waals surface area contributed by atoms with Gasteiger partial charge in [-0.1, -0.05) is 60.7 Å². The van der Waals surface area contributed by atoms with E-state index in [1.807, 2.05) is 60.7 Å². The summed E-state index contributed by atoms with van der Waals surface area (Å²) in [5, 5.41) is 26.3. The van der Waals surface area contributed by atoms with Gasteiger partial charge in [-0.15, -0.1) is 0 Å². The average molecular weight is 657 g/mol. The maximum atomic E-state index is 14.2. The number of fused-ring (bicyclic) bond motifs is 2. The van der Waals surface area contributed by atoms with E-state index in [9.17, 15) is 19.8 Å². The van der Waals surface area contributed by atoms with Crippen LogP contribution in [-0.2, 0) is 12.8 Å². The predicted octanol–water partition coefficient (Wildman–Crippen LogP) is 3.50. The fourth-order valence-electron chi connectivity index (χ4n) is 5.91. The summed E-state index contributed by atoms with van der Waals surface area (Å²) < 4.78 is 34.6. The van der Waals surface area contributed by atoms with Gasteiger partial charge in [0.05, 0.1) is 50.6 Å². The van der Waals surface area contributed by atoms with Crippen LogP contribution in [-0.4, -0.2) is 75.1 Å². The predicted molar refractivity (Wildman–Crippen MR) is 174 cm³/mol. The Morgan fingerprint density at radius 1 is 0.667 bits per heavy atom. The Morgan fingerprint density at radius 3 is 1.42 bits per heavy atom. The van der Waals surface area contributed by atoms with Crippen LogP contribution < -0.4 is 39.1 Å². The topological polar surface area (TPSA) is 154 Å². The third kappa shape index (κ3) is 6.53. The second-order valence-electron chi connectivity index (χ2n) is 11.2. The molecule has 4 aromatic carbocycles. The number of amides is 2. The average Bonchev–Trinajstić information content (AvgIpc) is 3.80. The largest absolute Gasteiger partial charge is 0.492 e. The standard InChI is InChI=1S/C36H36N2O10/c1-43-33-29(25(15-27-31(33)47-19-45-27)35(41)37-23(17-39)13-21-9-5-3-6-10-21)30-26(16-28-32(34(30)44-2)48-20-46-28)36(42)38-24(18-40)14-22-11-7-4-8-12-22/h3-12,15-16,23-24,39-40H,13-14,17-20H2,1-2H3,(H,37,41)(H,38,42)/t23-,24-/m0/s1. The van der Waals surface area contributed by atoms with E-state index in [1.54, 1.807) is 0 Å². The van der Waals surface area contributed by atoms with Crippen molar-refractivity contribution in [1.29, 1.82) is 0 Å². The summed E-state index contributed by atoms with van der Waals surface area (Å²) in [6, 6.07) is 20.6. The van der Waals surface area contributed by atoms with Gasteiger partial charge in [-0.25, -0.2) is 0 Å². The highest BCUT2D eigenvalue weighted by atomic mass is 16.7. The Morgan fingerprint density at radius 2 is 1.06 bits per heavy atom. The van der Waals surface area contributed by atoms with Crippen molar-refractivity contribution in [1.82, 2.24) is 10.6 Å². The van der Waals surface area contributed by atoms with Crippen molar-refractivity contribution in [2.24, 2.45) is 0 Å². The summed E-state index contributed by atoms with van der Waals surface area (Å²) in [6.07, 6.45) is 0.732. The number of hydrogen-bond acceptors (Lipinski definition) is 10. The van der Waals surface area contributed by atoms with Crippen LogP contribution in [0.3, 0.4) is 0 Å². The number of rotatable bonds is 13. The van der Waals surface area contributed by atoms with Gasteiger partial charge < -0.3 is 49.3 Å². The van der Waals surface area contributed by atoms with E-state index in [0.717, 1.165) is 11.1 Å². The second-order valence-corrected chi connectivity index (χ2v) is 11.2. The van der Waals surface area contributed by atoms with Crippen molar-refractivity contribution in [3.05, 3.63) is 95.1 Å². The summed E-state index contributed by atoms with van der Waals surface area (Å²) in [5.74, 6) is 0.0864. The fraction of sp³-hybridized carbons (Fsp3) is 0.278. The quantitative estimate of drug-likeness (QED) is 0.168. The molecule has 250 valence electrons. The highest BCUT2D eigenvalue weighted by Gasteiger charge is 2.37. The summed E-state index contributed by atoms with van der Waals surface area (Å²) in [6.45, 7) is -0.898. The molecule has 0 saturated carbocycles. The molecule has 0 bridgehead atoms. The SMILES string of the molecule is COc1c2c(cc(C(=O)N[C@H](CO)Cc3ccccc3)c1-c1c(C(=O)N[C@H](CO)Cc3ccccc3)cc3c(c1OC)OCO3)OCO2. The molecular weight excluding hydrogens is 620 g/mol. The summed E-state index contributed by atoms with van der Waals surface area (Å²) in [5.41, 5.74) is 2.31. The highest BCUT2D eigenvalue weighted by Crippen LogP contribution is 2.56. The number of carbonyl (C=O) groups is 2. The first-order chi connectivity index (χ1) is 23.4. The maximum Gasteiger partial charge on any atom is 0.252 e. The van der Waals surface area contributed by atoms with Crippen molar-refractivity contribution in [3.63, 3.8) is 0 Å². The lowest BCUT2D eigenvalue weighted by Crippen LogP contribution is -2.40. The van der Waals surface area contributed by atoms with Gasteiger partial charge in [0.25, 0.3) is 11.8 Å². The molecule has 2 heterocycles. The molecule has 2 amide bonds. The molecular formula is C36H36N2O10. The van der Waals surface area contributed by atoms with Crippen molar-refractivity contribution in [2.75, 3.05) is 41.0 Å². The molecule has 0 unspecified atom stereocenters. The molecule has 0 spiro atoms. The molecule has 4 N–H and O–H groups in total. The number of benzene rings is 4. The van der Waals surface area contributed by atoms with Crippen LogP contribution in [0.4, 0.5) is 0 Å². The van der Waals surface area contributed by atoms with Crippen LogP contribution in [0.5, 0.6) is 34.5 Å². The zero-order chi connectivity index (χ0) is 33.6. The minimum Gasteiger partial charge on any atom is -0.492 e. The number of aliphatic hydroxyl groups is 2. The van der Waals surface area contributed by atoms with E-state index in [-0.39, 0.29) is 83.6 Å². The molecule has 2 aliphatic heterocycles. The van der Waals surface area contributed by atoms with E-state index in [0.29, 0.717) is 12.8 Å². The molecule has 0 saturated heterocycles. The minimum atomic E-state index is -0.645. The molecule has 12 nitrogen and oxygen atoms in total. The van der Waals surface area contributed by atoms with E-state index in [1.165, 1.54) is 26.4 Å². The molecule has 4 aromatic rings. The van der Waals surface area contributed by atoms with Crippen molar-refractivity contribution < 1.29 is 48.2 Å². The summed E-state index contributed by atoms with van der Waals surface area (Å²) in [4.78, 5) is 28.4. The Balaban J connectivity index is 1.48. The minimum absolute atomic E-state index is 0.0665. The van der Waals surface area contributed by atoms with Crippen LogP contribution >= 0.6 is 0 Å². The Bertz CT molecular complexity index is 1650. The number of methoxy groups -OCH3 is 2. The van der Waals surface area contributed by atoms with E-state index in [2.05, 4.69) is 10.6 Å². The first-order valence-corrected chi connectivity index (χ1v) is 15.4. The monoisotopic (exact) mass is 656 g/mol. The number of aliphatic hydroxyl groups excluding tert-OH is 2. The molecule has 0 aromatic heterocycles. The van der Waals surface area contributed by atoms with Gasteiger partial charge in [0.2, 0.25) is 25.1 Å². The van der Waals surface area contributed by atoms with Gasteiger partial charge in [0, 0.05) is 11.1 Å². The Kier molecular flexibility index (Phi) is 9.83. The number of ether oxygens (including phenoxy) is 6. The first-order valence-electron chi connectivity index (χ1n) is 15.4. The maximum absolute atomic E-state index is 14.2. The van der Waals surface area contributed by atoms with Gasteiger partial charge in [-0.2, -0.15) is 0 Å². The lowest BCUT2D eigenvalue weighted by Gasteiger charge is -2.23. The number of carbonyl (C=O) groups excluding carboxylic acids is 2. The van der Waals surface area contributed by atoms with Gasteiger partial charge in [0.15, 0.2) is 23.0 Å². The van der Waals surface area contributed by atoms with E-state index >= 15 is 0 Å². The lowest BCUT2D eigenvalue weighted by atomic mass is 9.90. The fourth-order valence-corrected chi connectivity index (χ4v) is 5.91. The van der Waals surface area contributed by atoms with E-state index in [4.69, 9.17) is 28.4 Å². The van der Waals surface area contributed by atoms with Crippen LogP contribution in [0.1, 0.15) is 31.8 Å². The zero-order valence-corrected chi connectivity index (χ0v) is 26.5. The summed E-state index contributed by atoms with van der Waals surface area (Å²) in [7, 11) is 2.82. The molecule has 0 radical (unpaired) electrons. The molecule has 0 fully saturated rings. The smallest absolute Gasteiger partial charge is 0.252 e. The van der Waals surface area contributed by atoms with Crippen molar-refractivity contribution in [3.8, 4) is 45.6 Å². The van der Waals surface area contributed by atoms with Crippen LogP contribution in [0.2, 0.25) is 0 Å². The number of nitrogens with one attached hydrogen (secondary N) is 2. The Labute approximate surface area is 277 Å². The van der Waals surface area contributed by atoms with Crippen LogP contribution in [0.15, 0.2) is 72.8 Å². The highest BCUT2D eigenvalue weighted by molar-refractivity contribution is 6.11. The van der Waals surface area contributed by atoms with Gasteiger partial charge in [0.1, 0.15) is 0 Å². The number of hydrogen-bond donors (Lipinski definition) is 4.